The summed E-state index contributed by atoms with van der Waals surface area (Å²) in [5.41, 5.74) is 6.96. The van der Waals surface area contributed by atoms with Gasteiger partial charge >= 0.3 is 5.97 Å². The third kappa shape index (κ3) is 4.01. The van der Waals surface area contributed by atoms with Gasteiger partial charge in [0.2, 0.25) is 0 Å². The van der Waals surface area contributed by atoms with E-state index < -0.39 is 11.9 Å². The van der Waals surface area contributed by atoms with E-state index in [0.29, 0.717) is 5.69 Å². The number of anilines is 1. The quantitative estimate of drug-likeness (QED) is 0.617. The molecular weight excluding hydrogens is 366 g/mol. The van der Waals surface area contributed by atoms with Crippen molar-refractivity contribution in [3.63, 3.8) is 0 Å². The van der Waals surface area contributed by atoms with E-state index in [1.807, 2.05) is 30.3 Å². The molecule has 3 aromatic carbocycles. The molecule has 29 heavy (non-hydrogen) atoms. The number of hydrogen-bond acceptors (Lipinski definition) is 4. The van der Waals surface area contributed by atoms with Gasteiger partial charge in [0.15, 0.2) is 0 Å². The van der Waals surface area contributed by atoms with Crippen LogP contribution in [0.1, 0.15) is 44.3 Å². The molecule has 0 bridgehead atoms. The highest BCUT2D eigenvalue weighted by molar-refractivity contribution is 6.11. The van der Waals surface area contributed by atoms with Gasteiger partial charge in [0, 0.05) is 12.1 Å². The average molecular weight is 385 g/mol. The number of amides is 1. The molecule has 0 saturated carbocycles. The Morgan fingerprint density at radius 1 is 0.897 bits per heavy atom. The Kier molecular flexibility index (Phi) is 5.07. The van der Waals surface area contributed by atoms with Crippen molar-refractivity contribution < 1.29 is 14.7 Å². The van der Waals surface area contributed by atoms with Crippen molar-refractivity contribution in [2.75, 3.05) is 5.32 Å². The highest BCUT2D eigenvalue weighted by Crippen LogP contribution is 2.25. The van der Waals surface area contributed by atoms with Crippen LogP contribution < -0.4 is 10.7 Å². The zero-order valence-electron chi connectivity index (χ0n) is 15.5. The standard InChI is InChI=1S/C23H19N3O3/c27-22(18-8-4-5-9-19(18)23(28)29)24-17-12-10-16(11-13-17)21-14-20(25-26-21)15-6-2-1-3-7-15/h1-13,20,25H,14H2,(H,24,27)(H,28,29). The van der Waals surface area contributed by atoms with Crippen molar-refractivity contribution in [3.05, 3.63) is 101 Å². The zero-order valence-corrected chi connectivity index (χ0v) is 15.5. The lowest BCUT2D eigenvalue weighted by Gasteiger charge is -2.10. The van der Waals surface area contributed by atoms with Crippen LogP contribution in [0.5, 0.6) is 0 Å². The van der Waals surface area contributed by atoms with Gasteiger partial charge in [-0.3, -0.25) is 4.79 Å². The Bertz CT molecular complexity index is 1080. The van der Waals surface area contributed by atoms with Gasteiger partial charge in [-0.25, -0.2) is 4.79 Å². The van der Waals surface area contributed by atoms with Crippen LogP contribution in [-0.4, -0.2) is 22.7 Å². The maximum Gasteiger partial charge on any atom is 0.336 e. The van der Waals surface area contributed by atoms with E-state index in [4.69, 9.17) is 0 Å². The lowest BCUT2D eigenvalue weighted by atomic mass is 9.99. The summed E-state index contributed by atoms with van der Waals surface area (Å²) in [5.74, 6) is -1.59. The summed E-state index contributed by atoms with van der Waals surface area (Å²) in [7, 11) is 0. The molecule has 0 radical (unpaired) electrons. The predicted molar refractivity (Wildman–Crippen MR) is 111 cm³/mol. The zero-order chi connectivity index (χ0) is 20.2. The van der Waals surface area contributed by atoms with Gasteiger partial charge in [0.25, 0.3) is 5.91 Å². The highest BCUT2D eigenvalue weighted by Gasteiger charge is 2.21. The van der Waals surface area contributed by atoms with Gasteiger partial charge in [-0.05, 0) is 35.4 Å². The van der Waals surface area contributed by atoms with Crippen LogP contribution in [0.4, 0.5) is 5.69 Å². The Morgan fingerprint density at radius 2 is 1.55 bits per heavy atom. The summed E-state index contributed by atoms with van der Waals surface area (Å²) in [6.45, 7) is 0. The first-order valence-electron chi connectivity index (χ1n) is 9.23. The summed E-state index contributed by atoms with van der Waals surface area (Å²) in [4.78, 5) is 23.8. The SMILES string of the molecule is O=C(O)c1ccccc1C(=O)Nc1ccc(C2=NNC(c3ccccc3)C2)cc1. The summed E-state index contributed by atoms with van der Waals surface area (Å²) < 4.78 is 0. The summed E-state index contributed by atoms with van der Waals surface area (Å²) in [6, 6.07) is 23.8. The van der Waals surface area contributed by atoms with Crippen LogP contribution in [0.3, 0.4) is 0 Å². The second-order valence-electron chi connectivity index (χ2n) is 6.74. The third-order valence-corrected chi connectivity index (χ3v) is 4.83. The van der Waals surface area contributed by atoms with Gasteiger partial charge in [0.1, 0.15) is 0 Å². The number of carboxylic acid groups (broad SMARTS) is 1. The number of carbonyl (C=O) groups is 2. The normalized spacial score (nSPS) is 15.3. The van der Waals surface area contributed by atoms with Gasteiger partial charge in [0.05, 0.1) is 22.9 Å². The molecule has 4 rings (SSSR count). The average Bonchev–Trinajstić information content (AvgIpc) is 3.25. The van der Waals surface area contributed by atoms with Crippen LogP contribution in [0.15, 0.2) is 84.0 Å². The molecule has 3 N–H and O–H groups in total. The minimum atomic E-state index is -1.13. The molecule has 1 unspecified atom stereocenters. The molecule has 0 aliphatic carbocycles. The van der Waals surface area contributed by atoms with Crippen molar-refractivity contribution in [3.8, 4) is 0 Å². The number of nitrogens with one attached hydrogen (secondary N) is 2. The minimum absolute atomic E-state index is 0.0278. The van der Waals surface area contributed by atoms with E-state index in [0.717, 1.165) is 17.7 Å². The van der Waals surface area contributed by atoms with Crippen LogP contribution in [0.2, 0.25) is 0 Å². The molecule has 1 heterocycles. The lowest BCUT2D eigenvalue weighted by molar-refractivity contribution is 0.0692. The number of hydrogen-bond donors (Lipinski definition) is 3. The first kappa shape index (κ1) is 18.4. The van der Waals surface area contributed by atoms with Gasteiger partial charge in [-0.1, -0.05) is 54.6 Å². The summed E-state index contributed by atoms with van der Waals surface area (Å²) in [5, 5.41) is 16.4. The Hall–Kier alpha value is -3.93. The van der Waals surface area contributed by atoms with E-state index >= 15 is 0 Å². The van der Waals surface area contributed by atoms with E-state index in [2.05, 4.69) is 28.0 Å². The van der Waals surface area contributed by atoms with Gasteiger partial charge < -0.3 is 15.8 Å². The molecular formula is C23H19N3O3. The van der Waals surface area contributed by atoms with E-state index in [1.165, 1.54) is 17.7 Å². The third-order valence-electron chi connectivity index (χ3n) is 4.83. The molecule has 144 valence electrons. The molecule has 3 aromatic rings. The number of carbonyl (C=O) groups excluding carboxylic acids is 1. The largest absolute Gasteiger partial charge is 0.478 e. The Balaban J connectivity index is 1.44. The molecule has 0 saturated heterocycles. The fourth-order valence-electron chi connectivity index (χ4n) is 3.31. The molecule has 1 aliphatic rings. The second kappa shape index (κ2) is 7.98. The Morgan fingerprint density at radius 3 is 2.24 bits per heavy atom. The van der Waals surface area contributed by atoms with Crippen molar-refractivity contribution in [1.29, 1.82) is 0 Å². The maximum atomic E-state index is 12.5. The number of rotatable bonds is 5. The van der Waals surface area contributed by atoms with Crippen LogP contribution >= 0.6 is 0 Å². The number of benzene rings is 3. The number of carboxylic acids is 1. The lowest BCUT2D eigenvalue weighted by Crippen LogP contribution is -2.16. The Labute approximate surface area is 167 Å². The fourth-order valence-corrected chi connectivity index (χ4v) is 3.31. The molecule has 0 aromatic heterocycles. The molecule has 6 heteroatoms. The summed E-state index contributed by atoms with van der Waals surface area (Å²) in [6.07, 6.45) is 0.779. The summed E-state index contributed by atoms with van der Waals surface area (Å²) >= 11 is 0. The minimum Gasteiger partial charge on any atom is -0.478 e. The molecule has 6 nitrogen and oxygen atoms in total. The maximum absolute atomic E-state index is 12.5. The first-order valence-corrected chi connectivity index (χ1v) is 9.23. The molecule has 1 atom stereocenters. The second-order valence-corrected chi connectivity index (χ2v) is 6.74. The first-order chi connectivity index (χ1) is 14.1. The topological polar surface area (TPSA) is 90.8 Å². The molecule has 0 spiro atoms. The number of nitrogens with zero attached hydrogens (tertiary/aromatic N) is 1. The van der Waals surface area contributed by atoms with Crippen molar-refractivity contribution in [2.24, 2.45) is 5.10 Å². The molecule has 1 aliphatic heterocycles. The molecule has 1 amide bonds. The van der Waals surface area contributed by atoms with Crippen LogP contribution in [0.25, 0.3) is 0 Å². The number of hydrazone groups is 1. The van der Waals surface area contributed by atoms with Crippen molar-refractivity contribution >= 4 is 23.3 Å². The van der Waals surface area contributed by atoms with Crippen molar-refractivity contribution in [2.45, 2.75) is 12.5 Å². The van der Waals surface area contributed by atoms with E-state index in [-0.39, 0.29) is 17.2 Å². The van der Waals surface area contributed by atoms with E-state index in [1.54, 1.807) is 24.3 Å². The van der Waals surface area contributed by atoms with Crippen molar-refractivity contribution in [1.82, 2.24) is 5.43 Å². The van der Waals surface area contributed by atoms with E-state index in [9.17, 15) is 14.7 Å². The van der Waals surface area contributed by atoms with Gasteiger partial charge in [-0.15, -0.1) is 0 Å². The fraction of sp³-hybridized carbons (Fsp3) is 0.0870. The highest BCUT2D eigenvalue weighted by atomic mass is 16.4. The van der Waals surface area contributed by atoms with Gasteiger partial charge in [-0.2, -0.15) is 5.10 Å². The number of aromatic carboxylic acids is 1. The smallest absolute Gasteiger partial charge is 0.336 e. The molecule has 0 fully saturated rings. The monoisotopic (exact) mass is 385 g/mol. The predicted octanol–water partition coefficient (Wildman–Crippen LogP) is 4.08. The van der Waals surface area contributed by atoms with Crippen LogP contribution in [-0.2, 0) is 0 Å². The van der Waals surface area contributed by atoms with Crippen LogP contribution in [0, 0.1) is 0 Å².